The number of nitrogens with zero attached hydrogens (tertiary/aromatic N) is 1. The van der Waals surface area contributed by atoms with Gasteiger partial charge in [0.25, 0.3) is 0 Å². The van der Waals surface area contributed by atoms with Crippen molar-refractivity contribution in [3.05, 3.63) is 48.6 Å². The minimum Gasteiger partial charge on any atom is -0.347 e. The summed E-state index contributed by atoms with van der Waals surface area (Å²) < 4.78 is 13.4. The second kappa shape index (κ2) is 34.0. The molecular formula is C46H85NO2. The maximum atomic E-state index is 6.83. The monoisotopic (exact) mass is 684 g/mol. The molecule has 0 bridgehead atoms. The van der Waals surface area contributed by atoms with E-state index in [1.54, 1.807) is 0 Å². The smallest absolute Gasteiger partial charge is 0.168 e. The van der Waals surface area contributed by atoms with Gasteiger partial charge in [-0.15, -0.1) is 0 Å². The topological polar surface area (TPSA) is 21.7 Å². The Hall–Kier alpha value is -1.16. The first-order valence-electron chi connectivity index (χ1n) is 21.6. The molecule has 286 valence electrons. The van der Waals surface area contributed by atoms with E-state index >= 15 is 0 Å². The Labute approximate surface area is 307 Å². The van der Waals surface area contributed by atoms with Crippen LogP contribution in [0.2, 0.25) is 0 Å². The third-order valence-corrected chi connectivity index (χ3v) is 10.4. The zero-order valence-corrected chi connectivity index (χ0v) is 33.8. The van der Waals surface area contributed by atoms with E-state index < -0.39 is 0 Å². The number of hydrogen-bond acceptors (Lipinski definition) is 3. The fourth-order valence-electron chi connectivity index (χ4n) is 7.11. The van der Waals surface area contributed by atoms with E-state index in [1.165, 1.54) is 154 Å². The highest BCUT2D eigenvalue weighted by Crippen LogP contribution is 2.36. The Morgan fingerprint density at radius 1 is 0.531 bits per heavy atom. The van der Waals surface area contributed by atoms with E-state index in [2.05, 4.69) is 88.4 Å². The highest BCUT2D eigenvalue weighted by atomic mass is 16.7. The first-order chi connectivity index (χ1) is 24.1. The molecule has 0 N–H and O–H groups in total. The van der Waals surface area contributed by atoms with Gasteiger partial charge in [-0.25, -0.2) is 0 Å². The van der Waals surface area contributed by atoms with Crippen molar-refractivity contribution in [2.45, 2.75) is 225 Å². The largest absolute Gasteiger partial charge is 0.347 e. The molecule has 1 heterocycles. The van der Waals surface area contributed by atoms with Gasteiger partial charge < -0.3 is 14.4 Å². The maximum Gasteiger partial charge on any atom is 0.168 e. The minimum absolute atomic E-state index is 0.266. The number of allylic oxidation sites excluding steroid dienone is 8. The van der Waals surface area contributed by atoms with Gasteiger partial charge in [-0.05, 0) is 110 Å². The second-order valence-corrected chi connectivity index (χ2v) is 15.3. The molecule has 49 heavy (non-hydrogen) atoms. The van der Waals surface area contributed by atoms with Gasteiger partial charge in [0.15, 0.2) is 5.79 Å². The lowest BCUT2D eigenvalue weighted by atomic mass is 9.98. The molecule has 3 unspecified atom stereocenters. The first kappa shape index (κ1) is 45.9. The predicted molar refractivity (Wildman–Crippen MR) is 219 cm³/mol. The van der Waals surface area contributed by atoms with E-state index in [4.69, 9.17) is 9.47 Å². The SMILES string of the molecule is CCCCC/C=C\C/C=C\CCCCCCCCC1(CCCCCCC/C=C/C/C=C\CCCCC)OCC(CCC(CCC)N(C)C)O1. The van der Waals surface area contributed by atoms with Crippen LogP contribution >= 0.6 is 0 Å². The van der Waals surface area contributed by atoms with Crippen LogP contribution < -0.4 is 0 Å². The summed E-state index contributed by atoms with van der Waals surface area (Å²) in [5.74, 6) is -0.328. The lowest BCUT2D eigenvalue weighted by Gasteiger charge is -2.29. The molecule has 0 amide bonds. The van der Waals surface area contributed by atoms with Crippen molar-refractivity contribution in [2.75, 3.05) is 20.7 Å². The highest BCUT2D eigenvalue weighted by molar-refractivity contribution is 4.93. The molecule has 3 atom stereocenters. The van der Waals surface area contributed by atoms with Gasteiger partial charge in [0.1, 0.15) is 0 Å². The van der Waals surface area contributed by atoms with Crippen molar-refractivity contribution in [1.29, 1.82) is 0 Å². The number of ether oxygens (including phenoxy) is 2. The van der Waals surface area contributed by atoms with Crippen molar-refractivity contribution in [2.24, 2.45) is 0 Å². The molecular weight excluding hydrogens is 599 g/mol. The summed E-state index contributed by atoms with van der Waals surface area (Å²) in [5.41, 5.74) is 0. The van der Waals surface area contributed by atoms with E-state index in [9.17, 15) is 0 Å². The normalized spacial score (nSPS) is 19.3. The molecule has 0 aromatic carbocycles. The minimum atomic E-state index is -0.328. The highest BCUT2D eigenvalue weighted by Gasteiger charge is 2.40. The van der Waals surface area contributed by atoms with Gasteiger partial charge in [0.05, 0.1) is 12.7 Å². The van der Waals surface area contributed by atoms with Gasteiger partial charge in [-0.3, -0.25) is 0 Å². The van der Waals surface area contributed by atoms with Crippen LogP contribution in [-0.2, 0) is 9.47 Å². The quantitative estimate of drug-likeness (QED) is 0.0490. The van der Waals surface area contributed by atoms with Gasteiger partial charge >= 0.3 is 0 Å². The fourth-order valence-corrected chi connectivity index (χ4v) is 7.11. The van der Waals surface area contributed by atoms with Crippen LogP contribution in [-0.4, -0.2) is 43.5 Å². The zero-order valence-electron chi connectivity index (χ0n) is 33.8. The van der Waals surface area contributed by atoms with Gasteiger partial charge in [-0.2, -0.15) is 0 Å². The van der Waals surface area contributed by atoms with Crippen molar-refractivity contribution in [1.82, 2.24) is 4.90 Å². The van der Waals surface area contributed by atoms with E-state index in [1.807, 2.05) is 0 Å². The van der Waals surface area contributed by atoms with Crippen LogP contribution in [0.5, 0.6) is 0 Å². The number of unbranched alkanes of at least 4 members (excludes halogenated alkanes) is 17. The molecule has 1 aliphatic rings. The molecule has 0 aromatic heterocycles. The lowest BCUT2D eigenvalue weighted by molar-refractivity contribution is -0.180. The summed E-state index contributed by atoms with van der Waals surface area (Å²) in [6.45, 7) is 7.63. The number of rotatable bonds is 35. The molecule has 0 aliphatic carbocycles. The molecule has 1 saturated heterocycles. The Bertz CT molecular complexity index is 814. The van der Waals surface area contributed by atoms with Crippen molar-refractivity contribution >= 4 is 0 Å². The van der Waals surface area contributed by atoms with Crippen LogP contribution in [0.25, 0.3) is 0 Å². The summed E-state index contributed by atoms with van der Waals surface area (Å²) >= 11 is 0. The summed E-state index contributed by atoms with van der Waals surface area (Å²) in [6.07, 6.45) is 55.7. The van der Waals surface area contributed by atoms with E-state index in [0.717, 1.165) is 38.7 Å². The van der Waals surface area contributed by atoms with Crippen molar-refractivity contribution in [3.63, 3.8) is 0 Å². The van der Waals surface area contributed by atoms with Gasteiger partial charge in [-0.1, -0.05) is 146 Å². The molecule has 0 radical (unpaired) electrons. The summed E-state index contributed by atoms with van der Waals surface area (Å²) in [6, 6.07) is 0.651. The number of hydrogen-bond donors (Lipinski definition) is 0. The predicted octanol–water partition coefficient (Wildman–Crippen LogP) is 14.6. The van der Waals surface area contributed by atoms with E-state index in [0.29, 0.717) is 6.04 Å². The Balaban J connectivity index is 2.32. The molecule has 0 saturated carbocycles. The van der Waals surface area contributed by atoms with Crippen LogP contribution in [0.3, 0.4) is 0 Å². The van der Waals surface area contributed by atoms with Crippen LogP contribution in [0.4, 0.5) is 0 Å². The fraction of sp³-hybridized carbons (Fsp3) is 0.826. The molecule has 1 rings (SSSR count). The zero-order chi connectivity index (χ0) is 35.5. The Morgan fingerprint density at radius 3 is 1.39 bits per heavy atom. The molecule has 0 spiro atoms. The van der Waals surface area contributed by atoms with Crippen LogP contribution in [0.15, 0.2) is 48.6 Å². The van der Waals surface area contributed by atoms with Crippen molar-refractivity contribution in [3.8, 4) is 0 Å². The third-order valence-electron chi connectivity index (χ3n) is 10.4. The standard InChI is InChI=1S/C46H85NO2/c1-6-9-11-13-15-17-19-21-23-25-27-29-31-33-35-37-42-46(48-43-45(49-46)40-39-44(38-8-3)47(4)5)41-36-34-32-30-28-26-24-22-20-18-16-14-12-10-7-2/h15-18,21-24,44-45H,6-14,19-20,25-43H2,1-5H3/b17-15-,18-16-,23-21-,24-22+. The second-order valence-electron chi connectivity index (χ2n) is 15.3. The maximum absolute atomic E-state index is 6.83. The molecule has 3 nitrogen and oxygen atoms in total. The lowest BCUT2D eigenvalue weighted by Crippen LogP contribution is -2.32. The van der Waals surface area contributed by atoms with E-state index in [-0.39, 0.29) is 11.9 Å². The summed E-state index contributed by atoms with van der Waals surface area (Å²) in [5, 5.41) is 0. The Morgan fingerprint density at radius 2 is 0.959 bits per heavy atom. The first-order valence-corrected chi connectivity index (χ1v) is 21.6. The summed E-state index contributed by atoms with van der Waals surface area (Å²) in [4.78, 5) is 2.40. The van der Waals surface area contributed by atoms with Gasteiger partial charge in [0.2, 0.25) is 0 Å². The molecule has 1 fully saturated rings. The van der Waals surface area contributed by atoms with Gasteiger partial charge in [0, 0.05) is 18.9 Å². The van der Waals surface area contributed by atoms with Crippen LogP contribution in [0.1, 0.15) is 207 Å². The molecule has 1 aliphatic heterocycles. The average molecular weight is 684 g/mol. The average Bonchev–Trinajstić information content (AvgIpc) is 3.50. The summed E-state index contributed by atoms with van der Waals surface area (Å²) in [7, 11) is 4.46. The molecule has 3 heteroatoms. The van der Waals surface area contributed by atoms with Crippen molar-refractivity contribution < 1.29 is 9.47 Å². The molecule has 0 aromatic rings. The Kier molecular flexibility index (Phi) is 31.8. The van der Waals surface area contributed by atoms with Crippen LogP contribution in [0, 0.1) is 0 Å². The third kappa shape index (κ3) is 27.2.